The van der Waals surface area contributed by atoms with Crippen molar-refractivity contribution in [1.82, 2.24) is 10.2 Å². The van der Waals surface area contributed by atoms with E-state index in [2.05, 4.69) is 34.7 Å². The van der Waals surface area contributed by atoms with Crippen LogP contribution in [-0.4, -0.2) is 10.2 Å². The van der Waals surface area contributed by atoms with E-state index in [1.807, 2.05) is 12.1 Å². The number of hydrogen-bond acceptors (Lipinski definition) is 1. The summed E-state index contributed by atoms with van der Waals surface area (Å²) in [5, 5.41) is 9.37. The molecular weight excluding hydrogens is 174 g/mol. The van der Waals surface area contributed by atoms with Crippen LogP contribution < -0.4 is 10.7 Å². The van der Waals surface area contributed by atoms with Crippen molar-refractivity contribution in [3.8, 4) is 0 Å². The number of hydrogen-bond donors (Lipinski definition) is 1. The molecule has 0 radical (unpaired) electrons. The Kier molecular flexibility index (Phi) is 1.67. The molecule has 11 heavy (non-hydrogen) atoms. The number of benzene rings is 1. The molecule has 1 aromatic carbocycles. The third kappa shape index (κ3) is 1.07. The van der Waals surface area contributed by atoms with E-state index in [1.54, 1.807) is 0 Å². The molecule has 1 heterocycles. The van der Waals surface area contributed by atoms with Crippen LogP contribution in [0, 0.1) is 0 Å². The zero-order chi connectivity index (χ0) is 7.84. The second kappa shape index (κ2) is 2.55. The summed E-state index contributed by atoms with van der Waals surface area (Å²) in [6, 6.07) is 6.11. The van der Waals surface area contributed by atoms with Gasteiger partial charge in [0.05, 0.1) is 11.0 Å². The number of nitrogens with zero attached hydrogens (tertiary/aromatic N) is 1. The molecule has 2 unspecified atom stereocenters. The maximum atomic E-state index is 4.08. The number of rotatable bonds is 0. The number of aromatic amines is 1. The van der Waals surface area contributed by atoms with Crippen molar-refractivity contribution in [3.05, 3.63) is 18.2 Å². The van der Waals surface area contributed by atoms with Gasteiger partial charge in [-0.1, -0.05) is 27.4 Å². The molecule has 0 amide bonds. The van der Waals surface area contributed by atoms with Crippen molar-refractivity contribution in [1.29, 1.82) is 0 Å². The van der Waals surface area contributed by atoms with Crippen molar-refractivity contribution < 1.29 is 0 Å². The molecule has 0 spiro atoms. The van der Waals surface area contributed by atoms with Crippen molar-refractivity contribution >= 4 is 40.1 Å². The van der Waals surface area contributed by atoms with Crippen molar-refractivity contribution in [2.75, 3.05) is 0 Å². The molecule has 0 fully saturated rings. The standard InChI is InChI=1S/C7H8N2P2/c10-5-3-1-2-4-6(5)8-9-7(4)11/h1-3H,10-11H2,(H,8,9). The van der Waals surface area contributed by atoms with Crippen molar-refractivity contribution in [2.45, 2.75) is 0 Å². The highest BCUT2D eigenvalue weighted by molar-refractivity contribution is 7.29. The molecule has 0 saturated carbocycles. The molecule has 4 heteroatoms. The summed E-state index contributed by atoms with van der Waals surface area (Å²) in [4.78, 5) is 0. The van der Waals surface area contributed by atoms with Gasteiger partial charge in [-0.25, -0.2) is 0 Å². The lowest BCUT2D eigenvalue weighted by Gasteiger charge is -1.92. The van der Waals surface area contributed by atoms with E-state index in [4.69, 9.17) is 0 Å². The Bertz CT molecular complexity index is 394. The van der Waals surface area contributed by atoms with Crippen LogP contribution >= 0.6 is 18.5 Å². The Morgan fingerprint density at radius 2 is 2.09 bits per heavy atom. The molecular formula is C7H8N2P2. The molecule has 2 rings (SSSR count). The minimum Gasteiger partial charge on any atom is -0.277 e. The van der Waals surface area contributed by atoms with Crippen LogP contribution in [0.1, 0.15) is 0 Å². The first-order valence-electron chi connectivity index (χ1n) is 3.27. The van der Waals surface area contributed by atoms with Crippen LogP contribution in [0.25, 0.3) is 10.9 Å². The van der Waals surface area contributed by atoms with E-state index in [0.717, 1.165) is 16.3 Å². The van der Waals surface area contributed by atoms with Gasteiger partial charge in [-0.15, -0.1) is 9.24 Å². The summed E-state index contributed by atoms with van der Waals surface area (Å²) in [5.41, 5.74) is 2.08. The van der Waals surface area contributed by atoms with Gasteiger partial charge in [0.25, 0.3) is 0 Å². The summed E-state index contributed by atoms with van der Waals surface area (Å²) in [7, 11) is 5.28. The molecule has 1 N–H and O–H groups in total. The Morgan fingerprint density at radius 1 is 1.27 bits per heavy atom. The predicted octanol–water partition coefficient (Wildman–Crippen LogP) is 0.564. The summed E-state index contributed by atoms with van der Waals surface area (Å²) < 4.78 is 0. The van der Waals surface area contributed by atoms with Gasteiger partial charge in [-0.3, -0.25) is 5.10 Å². The first kappa shape index (κ1) is 7.21. The number of para-hydroxylation sites is 1. The zero-order valence-electron chi connectivity index (χ0n) is 5.83. The smallest absolute Gasteiger partial charge is 0.0864 e. The largest absolute Gasteiger partial charge is 0.277 e. The normalized spacial score (nSPS) is 10.7. The highest BCUT2D eigenvalue weighted by Gasteiger charge is 2.01. The van der Waals surface area contributed by atoms with Crippen LogP contribution in [0.5, 0.6) is 0 Å². The highest BCUT2D eigenvalue weighted by atomic mass is 31.0. The maximum absolute atomic E-state index is 4.08. The van der Waals surface area contributed by atoms with Crippen molar-refractivity contribution in [3.63, 3.8) is 0 Å². The lowest BCUT2D eigenvalue weighted by atomic mass is 10.3. The quantitative estimate of drug-likeness (QED) is 0.592. The minimum atomic E-state index is 0.976. The SMILES string of the molecule is Pc1n[nH]c2c(P)cccc12. The summed E-state index contributed by atoms with van der Waals surface area (Å²) in [6.45, 7) is 0. The van der Waals surface area contributed by atoms with Gasteiger partial charge in [0, 0.05) is 5.39 Å². The van der Waals surface area contributed by atoms with Gasteiger partial charge in [0.2, 0.25) is 0 Å². The van der Waals surface area contributed by atoms with E-state index in [9.17, 15) is 0 Å². The van der Waals surface area contributed by atoms with E-state index in [-0.39, 0.29) is 0 Å². The fourth-order valence-corrected chi connectivity index (χ4v) is 1.72. The van der Waals surface area contributed by atoms with Crippen LogP contribution in [0.15, 0.2) is 18.2 Å². The Morgan fingerprint density at radius 3 is 2.82 bits per heavy atom. The second-order valence-corrected chi connectivity index (χ2v) is 3.55. The third-order valence-electron chi connectivity index (χ3n) is 1.66. The van der Waals surface area contributed by atoms with E-state index >= 15 is 0 Å². The summed E-state index contributed by atoms with van der Waals surface area (Å²) >= 11 is 0. The molecule has 56 valence electrons. The second-order valence-electron chi connectivity index (χ2n) is 2.38. The van der Waals surface area contributed by atoms with Gasteiger partial charge >= 0.3 is 0 Å². The molecule has 2 atom stereocenters. The fraction of sp³-hybridized carbons (Fsp3) is 0. The zero-order valence-corrected chi connectivity index (χ0v) is 8.14. The van der Waals surface area contributed by atoms with Gasteiger partial charge < -0.3 is 0 Å². The Hall–Kier alpha value is -0.450. The van der Waals surface area contributed by atoms with E-state index < -0.39 is 0 Å². The minimum absolute atomic E-state index is 0.976. The average Bonchev–Trinajstić information content (AvgIpc) is 2.35. The number of nitrogens with one attached hydrogen (secondary N) is 1. The molecule has 0 bridgehead atoms. The van der Waals surface area contributed by atoms with E-state index in [1.165, 1.54) is 5.39 Å². The summed E-state index contributed by atoms with van der Waals surface area (Å²) in [6.07, 6.45) is 0. The topological polar surface area (TPSA) is 28.7 Å². The van der Waals surface area contributed by atoms with Gasteiger partial charge in [0.1, 0.15) is 0 Å². The fourth-order valence-electron chi connectivity index (χ4n) is 1.08. The van der Waals surface area contributed by atoms with Gasteiger partial charge in [-0.2, -0.15) is 5.10 Å². The molecule has 0 saturated heterocycles. The predicted molar refractivity (Wildman–Crippen MR) is 54.8 cm³/mol. The van der Waals surface area contributed by atoms with Crippen molar-refractivity contribution in [2.24, 2.45) is 0 Å². The van der Waals surface area contributed by atoms with Gasteiger partial charge in [0.15, 0.2) is 0 Å². The first-order valence-corrected chi connectivity index (χ1v) is 4.42. The number of H-pyrrole nitrogens is 1. The van der Waals surface area contributed by atoms with Crippen LogP contribution in [-0.2, 0) is 0 Å². The molecule has 1 aromatic heterocycles. The maximum Gasteiger partial charge on any atom is 0.0864 e. The lowest BCUT2D eigenvalue weighted by Crippen LogP contribution is -1.92. The number of aromatic nitrogens is 2. The lowest BCUT2D eigenvalue weighted by molar-refractivity contribution is 1.15. The monoisotopic (exact) mass is 182 g/mol. The molecule has 2 aromatic rings. The molecule has 0 aliphatic heterocycles. The average molecular weight is 182 g/mol. The van der Waals surface area contributed by atoms with Gasteiger partial charge in [-0.05, 0) is 5.30 Å². The third-order valence-corrected chi connectivity index (χ3v) is 2.58. The van der Waals surface area contributed by atoms with E-state index in [0.29, 0.717) is 0 Å². The molecule has 0 aliphatic carbocycles. The summed E-state index contributed by atoms with van der Waals surface area (Å²) in [5.74, 6) is 0. The molecule has 2 nitrogen and oxygen atoms in total. The van der Waals surface area contributed by atoms with Crippen LogP contribution in [0.3, 0.4) is 0 Å². The molecule has 0 aliphatic rings. The highest BCUT2D eigenvalue weighted by Crippen LogP contribution is 2.09. The first-order chi connectivity index (χ1) is 5.29. The Labute approximate surface area is 69.2 Å². The van der Waals surface area contributed by atoms with Crippen LogP contribution in [0.4, 0.5) is 0 Å². The number of fused-ring (bicyclic) bond motifs is 1. The van der Waals surface area contributed by atoms with Crippen LogP contribution in [0.2, 0.25) is 0 Å². The Balaban J connectivity index is 2.94.